The Labute approximate surface area is 167 Å². The van der Waals surface area contributed by atoms with Crippen LogP contribution in [0, 0.1) is 6.92 Å². The lowest BCUT2D eigenvalue weighted by molar-refractivity contribution is -0.121. The lowest BCUT2D eigenvalue weighted by atomic mass is 10.1. The smallest absolute Gasteiger partial charge is 0.408 e. The maximum absolute atomic E-state index is 12.4. The largest absolute Gasteiger partial charge is 0.444 e. The highest BCUT2D eigenvalue weighted by Crippen LogP contribution is 2.27. The van der Waals surface area contributed by atoms with Crippen molar-refractivity contribution in [1.82, 2.24) is 26.1 Å². The molecule has 29 heavy (non-hydrogen) atoms. The molecule has 9 heteroatoms. The van der Waals surface area contributed by atoms with Gasteiger partial charge in [0.2, 0.25) is 0 Å². The molecule has 0 unspecified atom stereocenters. The predicted octanol–water partition coefficient (Wildman–Crippen LogP) is 2.31. The Kier molecular flexibility index (Phi) is 5.40. The Balaban J connectivity index is 1.63. The minimum absolute atomic E-state index is 0.167. The average Bonchev–Trinajstić information content (AvgIpc) is 3.02. The first-order chi connectivity index (χ1) is 13.6. The molecular weight excluding hydrogens is 374 g/mol. The number of hydrogen-bond donors (Lipinski definition) is 4. The lowest BCUT2D eigenvalue weighted by Crippen LogP contribution is -2.47. The van der Waals surface area contributed by atoms with E-state index in [0.29, 0.717) is 5.69 Å². The molecule has 152 valence electrons. The number of aryl methyl sites for hydroxylation is 1. The van der Waals surface area contributed by atoms with Gasteiger partial charge in [0.1, 0.15) is 17.8 Å². The first-order valence-electron chi connectivity index (χ1n) is 9.08. The summed E-state index contributed by atoms with van der Waals surface area (Å²) < 4.78 is 5.03. The number of H-pyrrole nitrogens is 1. The molecule has 2 aromatic heterocycles. The van der Waals surface area contributed by atoms with Gasteiger partial charge in [-0.3, -0.25) is 20.4 Å². The van der Waals surface area contributed by atoms with E-state index >= 15 is 0 Å². The van der Waals surface area contributed by atoms with E-state index in [1.165, 1.54) is 0 Å². The normalized spacial score (nSPS) is 11.3. The summed E-state index contributed by atoms with van der Waals surface area (Å²) in [5.74, 6) is -1.17. The van der Waals surface area contributed by atoms with Gasteiger partial charge in [0.25, 0.3) is 11.8 Å². The van der Waals surface area contributed by atoms with Crippen LogP contribution in [0.5, 0.6) is 0 Å². The third kappa shape index (κ3) is 4.81. The number of pyridine rings is 1. The number of amides is 3. The van der Waals surface area contributed by atoms with Crippen molar-refractivity contribution >= 4 is 39.7 Å². The molecule has 0 aliphatic carbocycles. The standard InChI is InChI=1S/C20H23N5O4/c1-11-17-13(12-7-5-6-8-14(12)23-17)9-15(22-11)18(27)25-24-16(26)10-21-19(28)29-20(2,3)4/h5-9,23H,10H2,1-4H3,(H,21,28)(H,24,26)(H,25,27). The Hall–Kier alpha value is -3.62. The molecule has 0 saturated carbocycles. The van der Waals surface area contributed by atoms with Crippen LogP contribution in [0.1, 0.15) is 37.0 Å². The topological polar surface area (TPSA) is 125 Å². The zero-order valence-electron chi connectivity index (χ0n) is 16.7. The van der Waals surface area contributed by atoms with Gasteiger partial charge in [-0.05, 0) is 39.8 Å². The number of hydrogen-bond acceptors (Lipinski definition) is 5. The SMILES string of the molecule is Cc1nc(C(=O)NNC(=O)CNC(=O)OC(C)(C)C)cc2c1[nH]c1ccccc12. The number of para-hydroxylation sites is 1. The highest BCUT2D eigenvalue weighted by atomic mass is 16.6. The molecule has 0 aliphatic heterocycles. The number of benzene rings is 1. The summed E-state index contributed by atoms with van der Waals surface area (Å²) in [5.41, 5.74) is 6.51. The number of fused-ring (bicyclic) bond motifs is 3. The number of hydrazine groups is 1. The quantitative estimate of drug-likeness (QED) is 0.505. The number of rotatable bonds is 3. The molecule has 0 radical (unpaired) electrons. The van der Waals surface area contributed by atoms with Crippen LogP contribution in [0.2, 0.25) is 0 Å². The van der Waals surface area contributed by atoms with E-state index in [9.17, 15) is 14.4 Å². The second-order valence-corrected chi connectivity index (χ2v) is 7.54. The van der Waals surface area contributed by atoms with Gasteiger partial charge in [-0.1, -0.05) is 18.2 Å². The van der Waals surface area contributed by atoms with Gasteiger partial charge in [-0.15, -0.1) is 0 Å². The molecule has 0 fully saturated rings. The number of aromatic nitrogens is 2. The van der Waals surface area contributed by atoms with Crippen LogP contribution in [0.25, 0.3) is 21.8 Å². The summed E-state index contributed by atoms with van der Waals surface area (Å²) >= 11 is 0. The molecule has 2 heterocycles. The van der Waals surface area contributed by atoms with Crippen LogP contribution in [-0.4, -0.2) is 40.0 Å². The second kappa shape index (κ2) is 7.78. The van der Waals surface area contributed by atoms with E-state index in [1.54, 1.807) is 33.8 Å². The number of carbonyl (C=O) groups is 3. The first-order valence-corrected chi connectivity index (χ1v) is 9.08. The molecule has 4 N–H and O–H groups in total. The van der Waals surface area contributed by atoms with Crippen molar-refractivity contribution in [3.8, 4) is 0 Å². The molecule has 9 nitrogen and oxygen atoms in total. The van der Waals surface area contributed by atoms with E-state index < -0.39 is 23.5 Å². The second-order valence-electron chi connectivity index (χ2n) is 7.54. The molecule has 0 spiro atoms. The summed E-state index contributed by atoms with van der Waals surface area (Å²) in [6.07, 6.45) is -0.721. The molecular formula is C20H23N5O4. The number of alkyl carbamates (subject to hydrolysis) is 1. The fraction of sp³-hybridized carbons (Fsp3) is 0.300. The van der Waals surface area contributed by atoms with Crippen molar-refractivity contribution < 1.29 is 19.1 Å². The molecule has 0 atom stereocenters. The molecule has 3 rings (SSSR count). The van der Waals surface area contributed by atoms with Gasteiger partial charge in [0.05, 0.1) is 11.2 Å². The van der Waals surface area contributed by atoms with Crippen LogP contribution in [0.15, 0.2) is 30.3 Å². The lowest BCUT2D eigenvalue weighted by Gasteiger charge is -2.19. The van der Waals surface area contributed by atoms with Crippen molar-refractivity contribution in [2.75, 3.05) is 6.54 Å². The summed E-state index contributed by atoms with van der Waals surface area (Å²) in [4.78, 5) is 43.4. The number of carbonyl (C=O) groups excluding carboxylic acids is 3. The van der Waals surface area contributed by atoms with E-state index in [4.69, 9.17) is 4.74 Å². The van der Waals surface area contributed by atoms with E-state index in [-0.39, 0.29) is 12.2 Å². The van der Waals surface area contributed by atoms with E-state index in [0.717, 1.165) is 21.8 Å². The highest BCUT2D eigenvalue weighted by molar-refractivity contribution is 6.10. The van der Waals surface area contributed by atoms with Gasteiger partial charge in [-0.25, -0.2) is 9.78 Å². The van der Waals surface area contributed by atoms with Gasteiger partial charge in [0, 0.05) is 16.3 Å². The van der Waals surface area contributed by atoms with Gasteiger partial charge in [-0.2, -0.15) is 0 Å². The summed E-state index contributed by atoms with van der Waals surface area (Å²) in [7, 11) is 0. The monoisotopic (exact) mass is 397 g/mol. The van der Waals surface area contributed by atoms with Crippen molar-refractivity contribution in [1.29, 1.82) is 0 Å². The number of ether oxygens (including phenoxy) is 1. The van der Waals surface area contributed by atoms with Crippen LogP contribution in [0.3, 0.4) is 0 Å². The van der Waals surface area contributed by atoms with Gasteiger partial charge in [0.15, 0.2) is 0 Å². The number of nitrogens with zero attached hydrogens (tertiary/aromatic N) is 1. The molecule has 0 aliphatic rings. The Morgan fingerprint density at radius 3 is 2.55 bits per heavy atom. The zero-order valence-corrected chi connectivity index (χ0v) is 16.7. The van der Waals surface area contributed by atoms with Crippen LogP contribution < -0.4 is 16.2 Å². The minimum atomic E-state index is -0.721. The van der Waals surface area contributed by atoms with Crippen LogP contribution in [0.4, 0.5) is 4.79 Å². The van der Waals surface area contributed by atoms with Crippen LogP contribution >= 0.6 is 0 Å². The summed E-state index contributed by atoms with van der Waals surface area (Å²) in [6, 6.07) is 9.42. The number of aromatic amines is 1. The molecule has 0 saturated heterocycles. The molecule has 0 bridgehead atoms. The van der Waals surface area contributed by atoms with Crippen molar-refractivity contribution in [2.45, 2.75) is 33.3 Å². The van der Waals surface area contributed by atoms with E-state index in [2.05, 4.69) is 26.1 Å². The van der Waals surface area contributed by atoms with Gasteiger partial charge < -0.3 is 15.0 Å². The minimum Gasteiger partial charge on any atom is -0.444 e. The van der Waals surface area contributed by atoms with E-state index in [1.807, 2.05) is 24.3 Å². The Morgan fingerprint density at radius 2 is 1.83 bits per heavy atom. The third-order valence-corrected chi connectivity index (χ3v) is 4.02. The fourth-order valence-electron chi connectivity index (χ4n) is 2.82. The third-order valence-electron chi connectivity index (χ3n) is 4.02. The Morgan fingerprint density at radius 1 is 1.10 bits per heavy atom. The summed E-state index contributed by atoms with van der Waals surface area (Å²) in [5, 5.41) is 4.16. The summed E-state index contributed by atoms with van der Waals surface area (Å²) in [6.45, 7) is 6.60. The highest BCUT2D eigenvalue weighted by Gasteiger charge is 2.17. The number of nitrogens with one attached hydrogen (secondary N) is 4. The maximum atomic E-state index is 12.4. The van der Waals surface area contributed by atoms with Gasteiger partial charge >= 0.3 is 6.09 Å². The van der Waals surface area contributed by atoms with Crippen molar-refractivity contribution in [3.63, 3.8) is 0 Å². The first kappa shape index (κ1) is 20.1. The maximum Gasteiger partial charge on any atom is 0.408 e. The molecule has 1 aromatic carbocycles. The zero-order chi connectivity index (χ0) is 21.2. The molecule has 3 aromatic rings. The van der Waals surface area contributed by atoms with Crippen molar-refractivity contribution in [2.24, 2.45) is 0 Å². The molecule has 3 amide bonds. The Bertz CT molecular complexity index is 1100. The predicted molar refractivity (Wildman–Crippen MR) is 108 cm³/mol. The van der Waals surface area contributed by atoms with Crippen LogP contribution in [-0.2, 0) is 9.53 Å². The average molecular weight is 397 g/mol. The fourth-order valence-corrected chi connectivity index (χ4v) is 2.82. The van der Waals surface area contributed by atoms with Crippen molar-refractivity contribution in [3.05, 3.63) is 41.7 Å².